The van der Waals surface area contributed by atoms with Gasteiger partial charge in [-0.2, -0.15) is 0 Å². The number of aliphatic hydroxyl groups excluding tert-OH is 2. The predicted octanol–water partition coefficient (Wildman–Crippen LogP) is 3.58. The van der Waals surface area contributed by atoms with Crippen LogP contribution in [0.2, 0.25) is 0 Å². The SMILES string of the molecule is CCCCCCCC(O)C(=O)O.CCCCCCCC(O)C(=O)O. The number of aliphatic carboxylic acids is 2. The number of unbranched alkanes of at least 4 members (excludes halogenated alkanes) is 8. The standard InChI is InChI=1S/2C9H18O3/c2*1-2-3-4-5-6-7-8(10)9(11)12/h2*8,10H,2-7H2,1H3,(H,11,12). The van der Waals surface area contributed by atoms with E-state index < -0.39 is 24.1 Å². The summed E-state index contributed by atoms with van der Waals surface area (Å²) in [5.74, 6) is -2.21. The Balaban J connectivity index is 0. The van der Waals surface area contributed by atoms with Gasteiger partial charge in [-0.25, -0.2) is 9.59 Å². The van der Waals surface area contributed by atoms with E-state index >= 15 is 0 Å². The molecule has 0 saturated carbocycles. The number of hydrogen-bond acceptors (Lipinski definition) is 4. The Morgan fingerprint density at radius 2 is 0.917 bits per heavy atom. The largest absolute Gasteiger partial charge is 0.479 e. The second kappa shape index (κ2) is 18.2. The summed E-state index contributed by atoms with van der Waals surface area (Å²) in [5.41, 5.74) is 0. The first-order valence-electron chi connectivity index (χ1n) is 9.18. The number of hydrogen-bond donors (Lipinski definition) is 4. The second-order valence-corrected chi connectivity index (χ2v) is 6.11. The van der Waals surface area contributed by atoms with Crippen LogP contribution in [0.3, 0.4) is 0 Å². The molecule has 6 nitrogen and oxygen atoms in total. The molecule has 0 heterocycles. The van der Waals surface area contributed by atoms with Crippen molar-refractivity contribution >= 4 is 11.9 Å². The lowest BCUT2D eigenvalue weighted by Gasteiger charge is -2.03. The van der Waals surface area contributed by atoms with E-state index in [-0.39, 0.29) is 0 Å². The zero-order valence-corrected chi connectivity index (χ0v) is 15.2. The van der Waals surface area contributed by atoms with Crippen LogP contribution in [0.15, 0.2) is 0 Å². The van der Waals surface area contributed by atoms with Crippen LogP contribution in [0.5, 0.6) is 0 Å². The van der Waals surface area contributed by atoms with Crippen LogP contribution in [-0.4, -0.2) is 44.6 Å². The molecule has 0 aliphatic rings. The Kier molecular flexibility index (Phi) is 19.0. The van der Waals surface area contributed by atoms with Crippen molar-refractivity contribution in [3.8, 4) is 0 Å². The number of aliphatic hydroxyl groups is 2. The van der Waals surface area contributed by atoms with Crippen molar-refractivity contribution in [1.29, 1.82) is 0 Å². The molecule has 0 fully saturated rings. The summed E-state index contributed by atoms with van der Waals surface area (Å²) in [6.45, 7) is 4.26. The molecule has 0 amide bonds. The molecular formula is C18H36O6. The smallest absolute Gasteiger partial charge is 0.332 e. The zero-order valence-electron chi connectivity index (χ0n) is 15.2. The van der Waals surface area contributed by atoms with E-state index in [1.807, 2.05) is 0 Å². The van der Waals surface area contributed by atoms with Crippen molar-refractivity contribution in [3.63, 3.8) is 0 Å². The van der Waals surface area contributed by atoms with Crippen molar-refractivity contribution in [3.05, 3.63) is 0 Å². The van der Waals surface area contributed by atoms with Crippen LogP contribution in [0.25, 0.3) is 0 Å². The van der Waals surface area contributed by atoms with Gasteiger partial charge in [0.1, 0.15) is 0 Å². The second-order valence-electron chi connectivity index (χ2n) is 6.11. The average molecular weight is 348 g/mol. The van der Waals surface area contributed by atoms with Gasteiger partial charge in [0, 0.05) is 0 Å². The first-order chi connectivity index (χ1) is 11.4. The Morgan fingerprint density at radius 3 is 1.17 bits per heavy atom. The summed E-state index contributed by atoms with van der Waals surface area (Å²) in [7, 11) is 0. The van der Waals surface area contributed by atoms with E-state index in [1.54, 1.807) is 0 Å². The molecule has 4 N–H and O–H groups in total. The maximum atomic E-state index is 10.2. The molecule has 6 heteroatoms. The molecular weight excluding hydrogens is 312 g/mol. The van der Waals surface area contributed by atoms with Crippen molar-refractivity contribution in [2.45, 2.75) is 103 Å². The van der Waals surface area contributed by atoms with E-state index in [2.05, 4.69) is 13.8 Å². The molecule has 0 saturated heterocycles. The fourth-order valence-corrected chi connectivity index (χ4v) is 2.13. The average Bonchev–Trinajstić information content (AvgIpc) is 2.54. The fraction of sp³-hybridized carbons (Fsp3) is 0.889. The minimum absolute atomic E-state index is 0.388. The Hall–Kier alpha value is -1.14. The maximum absolute atomic E-state index is 10.2. The van der Waals surface area contributed by atoms with Gasteiger partial charge in [-0.15, -0.1) is 0 Å². The first kappa shape index (κ1) is 25.1. The Morgan fingerprint density at radius 1 is 0.625 bits per heavy atom. The molecule has 0 spiro atoms. The molecule has 0 aliphatic heterocycles. The lowest BCUT2D eigenvalue weighted by atomic mass is 10.1. The van der Waals surface area contributed by atoms with Gasteiger partial charge in [-0.05, 0) is 12.8 Å². The Bertz CT molecular complexity index is 276. The zero-order chi connectivity index (χ0) is 18.8. The number of carboxylic acids is 2. The van der Waals surface area contributed by atoms with Crippen LogP contribution in [0.4, 0.5) is 0 Å². The summed E-state index contributed by atoms with van der Waals surface area (Å²) in [6.07, 6.45) is 9.18. The number of rotatable bonds is 14. The van der Waals surface area contributed by atoms with Gasteiger partial charge in [0.25, 0.3) is 0 Å². The van der Waals surface area contributed by atoms with Gasteiger partial charge in [0.2, 0.25) is 0 Å². The summed E-state index contributed by atoms with van der Waals surface area (Å²) < 4.78 is 0. The van der Waals surface area contributed by atoms with Crippen LogP contribution in [0, 0.1) is 0 Å². The lowest BCUT2D eigenvalue weighted by molar-refractivity contribution is -0.147. The molecule has 144 valence electrons. The van der Waals surface area contributed by atoms with E-state index in [0.29, 0.717) is 12.8 Å². The van der Waals surface area contributed by atoms with E-state index in [0.717, 1.165) is 38.5 Å². The van der Waals surface area contributed by atoms with Gasteiger partial charge >= 0.3 is 11.9 Å². The van der Waals surface area contributed by atoms with E-state index in [9.17, 15) is 9.59 Å². The van der Waals surface area contributed by atoms with Crippen LogP contribution >= 0.6 is 0 Å². The van der Waals surface area contributed by atoms with Crippen LogP contribution in [-0.2, 0) is 9.59 Å². The molecule has 0 aromatic carbocycles. The van der Waals surface area contributed by atoms with Gasteiger partial charge in [0.05, 0.1) is 0 Å². The third kappa shape index (κ3) is 18.9. The van der Waals surface area contributed by atoms with Crippen molar-refractivity contribution in [2.24, 2.45) is 0 Å². The lowest BCUT2D eigenvalue weighted by Crippen LogP contribution is -2.18. The van der Waals surface area contributed by atoms with E-state index in [4.69, 9.17) is 20.4 Å². The topological polar surface area (TPSA) is 115 Å². The highest BCUT2D eigenvalue weighted by atomic mass is 16.4. The molecule has 0 bridgehead atoms. The van der Waals surface area contributed by atoms with Crippen molar-refractivity contribution in [1.82, 2.24) is 0 Å². The molecule has 0 rings (SSSR count). The highest BCUT2D eigenvalue weighted by Crippen LogP contribution is 2.07. The number of carboxylic acid groups (broad SMARTS) is 2. The number of carbonyl (C=O) groups is 2. The highest BCUT2D eigenvalue weighted by Gasteiger charge is 2.11. The van der Waals surface area contributed by atoms with Gasteiger partial charge < -0.3 is 20.4 Å². The third-order valence-electron chi connectivity index (χ3n) is 3.73. The summed E-state index contributed by atoms with van der Waals surface area (Å²) >= 11 is 0. The highest BCUT2D eigenvalue weighted by molar-refractivity contribution is 5.72. The molecule has 24 heavy (non-hydrogen) atoms. The van der Waals surface area contributed by atoms with Crippen LogP contribution in [0.1, 0.15) is 90.9 Å². The van der Waals surface area contributed by atoms with Gasteiger partial charge in [0.15, 0.2) is 12.2 Å². The molecule has 0 aromatic rings. The van der Waals surface area contributed by atoms with Gasteiger partial charge in [-0.1, -0.05) is 78.1 Å². The summed E-state index contributed by atoms with van der Waals surface area (Å²) in [5, 5.41) is 34.4. The Labute approximate surface area is 145 Å². The molecule has 2 unspecified atom stereocenters. The van der Waals surface area contributed by atoms with Crippen molar-refractivity contribution < 1.29 is 30.0 Å². The minimum Gasteiger partial charge on any atom is -0.479 e. The van der Waals surface area contributed by atoms with Gasteiger partial charge in [-0.3, -0.25) is 0 Å². The summed E-state index contributed by atoms with van der Waals surface area (Å²) in [6, 6.07) is 0. The minimum atomic E-state index is -1.16. The normalized spacial score (nSPS) is 12.8. The molecule has 0 aliphatic carbocycles. The first-order valence-corrected chi connectivity index (χ1v) is 9.18. The third-order valence-corrected chi connectivity index (χ3v) is 3.73. The monoisotopic (exact) mass is 348 g/mol. The van der Waals surface area contributed by atoms with Crippen molar-refractivity contribution in [2.75, 3.05) is 0 Å². The quantitative estimate of drug-likeness (QED) is 0.357. The molecule has 2 atom stereocenters. The maximum Gasteiger partial charge on any atom is 0.332 e. The fourth-order valence-electron chi connectivity index (χ4n) is 2.13. The molecule has 0 radical (unpaired) electrons. The molecule has 0 aromatic heterocycles. The van der Waals surface area contributed by atoms with E-state index in [1.165, 1.54) is 25.7 Å². The van der Waals surface area contributed by atoms with Crippen LogP contribution < -0.4 is 0 Å². The summed E-state index contributed by atoms with van der Waals surface area (Å²) in [4.78, 5) is 20.3. The predicted molar refractivity (Wildman–Crippen MR) is 94.0 cm³/mol.